The fourth-order valence-electron chi connectivity index (χ4n) is 6.25. The Hall–Kier alpha value is -6.98. The number of amides is 8. The highest BCUT2D eigenvalue weighted by Crippen LogP contribution is 2.12. The van der Waals surface area contributed by atoms with Crippen LogP contribution in [0.15, 0.2) is 60.7 Å². The van der Waals surface area contributed by atoms with Gasteiger partial charge in [0.25, 0.3) is 0 Å². The van der Waals surface area contributed by atoms with Gasteiger partial charge in [-0.15, -0.1) is 0 Å². The second-order valence-electron chi connectivity index (χ2n) is 15.6. The lowest BCUT2D eigenvalue weighted by molar-refractivity contribution is -0.145. The third-order valence-electron chi connectivity index (χ3n) is 10.2. The van der Waals surface area contributed by atoms with Gasteiger partial charge < -0.3 is 69.1 Å². The third kappa shape index (κ3) is 19.4. The summed E-state index contributed by atoms with van der Waals surface area (Å²) in [5.41, 5.74) is 12.7. The molecule has 0 saturated carbocycles. The van der Waals surface area contributed by atoms with Gasteiger partial charge in [-0.1, -0.05) is 80.9 Å². The van der Waals surface area contributed by atoms with E-state index in [-0.39, 0.29) is 12.8 Å². The van der Waals surface area contributed by atoms with Gasteiger partial charge in [-0.25, -0.2) is 4.79 Å². The van der Waals surface area contributed by atoms with E-state index in [4.69, 9.17) is 11.5 Å². The maximum absolute atomic E-state index is 13.8. The summed E-state index contributed by atoms with van der Waals surface area (Å²) in [7, 11) is 0. The number of nitrogens with two attached hydrogens (primary N) is 2. The zero-order valence-electron chi connectivity index (χ0n) is 36.9. The second kappa shape index (κ2) is 28.0. The van der Waals surface area contributed by atoms with Gasteiger partial charge in [-0.3, -0.25) is 43.2 Å². The standard InChI is InChI=1S/C43H61N9O14/c1-4-23(2)35(51-37(59)27(44)19-25-11-7-5-8-12-25)42(64)49-28(16-18-34(57)58)38(60)46-21-33(56)47-30(20-26-13-9-6-10-14-26)40(62)48-29(15-17-32(45)55)39(61)50-31(22-53)41(63)52-36(24(3)54)43(65)66/h5-14,23-24,27-31,35-36,53-54H,4,15-22,44H2,1-3H3,(H2,45,55)(H,46,60)(H,47,56)(H,48,62)(H,49,64)(H,50,61)(H,51,59)(H,52,63)(H,57,58)(H,65,66). The summed E-state index contributed by atoms with van der Waals surface area (Å²) in [4.78, 5) is 128. The Kier molecular flexibility index (Phi) is 23.4. The van der Waals surface area contributed by atoms with Crippen LogP contribution in [0.25, 0.3) is 0 Å². The van der Waals surface area contributed by atoms with Gasteiger partial charge in [0, 0.05) is 19.3 Å². The van der Waals surface area contributed by atoms with Crippen molar-refractivity contribution in [2.75, 3.05) is 13.2 Å². The molecule has 2 aromatic rings. The molecular weight excluding hydrogens is 867 g/mol. The molecule has 9 unspecified atom stereocenters. The smallest absolute Gasteiger partial charge is 0.328 e. The zero-order valence-corrected chi connectivity index (χ0v) is 36.9. The highest BCUT2D eigenvalue weighted by atomic mass is 16.4. The minimum atomic E-state index is -1.81. The van der Waals surface area contributed by atoms with Crippen LogP contribution in [0, 0.1) is 5.92 Å². The predicted octanol–water partition coefficient (Wildman–Crippen LogP) is -3.54. The third-order valence-corrected chi connectivity index (χ3v) is 10.2. The molecule has 8 amide bonds. The van der Waals surface area contributed by atoms with Crippen molar-refractivity contribution in [3.8, 4) is 0 Å². The fourth-order valence-corrected chi connectivity index (χ4v) is 6.25. The lowest BCUT2D eigenvalue weighted by Gasteiger charge is -2.27. The number of aliphatic hydroxyl groups is 2. The van der Waals surface area contributed by atoms with Crippen LogP contribution in [0.5, 0.6) is 0 Å². The average molecular weight is 928 g/mol. The molecule has 0 aliphatic heterocycles. The number of rotatable bonds is 29. The fraction of sp³-hybridized carbons (Fsp3) is 0.488. The molecule has 362 valence electrons. The lowest BCUT2D eigenvalue weighted by atomic mass is 9.96. The van der Waals surface area contributed by atoms with Crippen LogP contribution in [0.1, 0.15) is 64.0 Å². The summed E-state index contributed by atoms with van der Waals surface area (Å²) in [5, 5.41) is 54.7. The van der Waals surface area contributed by atoms with Crippen molar-refractivity contribution in [2.45, 2.75) is 114 Å². The normalized spacial score (nSPS) is 15.0. The Balaban J connectivity index is 2.27. The van der Waals surface area contributed by atoms with E-state index in [1.54, 1.807) is 74.5 Å². The van der Waals surface area contributed by atoms with Gasteiger partial charge in [0.05, 0.1) is 25.3 Å². The van der Waals surface area contributed by atoms with Crippen molar-refractivity contribution in [2.24, 2.45) is 17.4 Å². The molecule has 0 aliphatic carbocycles. The molecule has 2 aromatic carbocycles. The number of carbonyl (C=O) groups is 10. The van der Waals surface area contributed by atoms with E-state index in [1.165, 1.54) is 0 Å². The van der Waals surface area contributed by atoms with Crippen LogP contribution in [0.3, 0.4) is 0 Å². The number of aliphatic carboxylic acids is 2. The van der Waals surface area contributed by atoms with E-state index in [2.05, 4.69) is 31.9 Å². The van der Waals surface area contributed by atoms with Crippen molar-refractivity contribution >= 4 is 59.2 Å². The molecule has 23 heteroatoms. The quantitative estimate of drug-likeness (QED) is 0.0376. The van der Waals surface area contributed by atoms with Crippen LogP contribution in [-0.2, 0) is 60.8 Å². The van der Waals surface area contributed by atoms with E-state index >= 15 is 0 Å². The molecule has 0 aromatic heterocycles. The highest BCUT2D eigenvalue weighted by Gasteiger charge is 2.34. The molecule has 0 fully saturated rings. The first kappa shape index (κ1) is 55.2. The van der Waals surface area contributed by atoms with Gasteiger partial charge in [0.1, 0.15) is 30.2 Å². The predicted molar refractivity (Wildman–Crippen MR) is 234 cm³/mol. The zero-order chi connectivity index (χ0) is 49.5. The van der Waals surface area contributed by atoms with Crippen molar-refractivity contribution in [1.29, 1.82) is 0 Å². The van der Waals surface area contributed by atoms with Gasteiger partial charge in [-0.2, -0.15) is 0 Å². The molecule has 0 aliphatic rings. The summed E-state index contributed by atoms with van der Waals surface area (Å²) >= 11 is 0. The number of aliphatic hydroxyl groups excluding tert-OH is 2. The van der Waals surface area contributed by atoms with Gasteiger partial charge in [-0.05, 0) is 43.2 Å². The molecule has 9 atom stereocenters. The van der Waals surface area contributed by atoms with E-state index in [9.17, 15) is 68.4 Å². The monoisotopic (exact) mass is 927 g/mol. The lowest BCUT2D eigenvalue weighted by Crippen LogP contribution is -2.60. The number of carboxylic acid groups (broad SMARTS) is 2. The molecule has 0 bridgehead atoms. The van der Waals surface area contributed by atoms with Crippen molar-refractivity contribution in [3.63, 3.8) is 0 Å². The van der Waals surface area contributed by atoms with Crippen LogP contribution in [0.4, 0.5) is 0 Å². The Morgan fingerprint density at radius 2 is 1.08 bits per heavy atom. The topological polar surface area (TPSA) is 388 Å². The largest absolute Gasteiger partial charge is 0.481 e. The van der Waals surface area contributed by atoms with E-state index < -0.39 is 152 Å². The van der Waals surface area contributed by atoms with E-state index in [1.807, 2.05) is 5.32 Å². The molecule has 15 N–H and O–H groups in total. The molecule has 0 saturated heterocycles. The van der Waals surface area contributed by atoms with Crippen LogP contribution in [0.2, 0.25) is 0 Å². The number of carboxylic acids is 2. The van der Waals surface area contributed by atoms with Crippen molar-refractivity contribution in [3.05, 3.63) is 71.8 Å². The molecule has 0 heterocycles. The maximum atomic E-state index is 13.8. The summed E-state index contributed by atoms with van der Waals surface area (Å²) in [6.07, 6.45) is -3.09. The maximum Gasteiger partial charge on any atom is 0.328 e. The molecule has 23 nitrogen and oxygen atoms in total. The number of hydrogen-bond acceptors (Lipinski definition) is 13. The Morgan fingerprint density at radius 1 is 0.591 bits per heavy atom. The summed E-state index contributed by atoms with van der Waals surface area (Å²) < 4.78 is 0. The highest BCUT2D eigenvalue weighted by molar-refractivity contribution is 5.97. The average Bonchev–Trinajstić information content (AvgIpc) is 3.27. The minimum absolute atomic E-state index is 0.168. The molecule has 0 spiro atoms. The molecule has 66 heavy (non-hydrogen) atoms. The number of benzene rings is 2. The Labute approximate surface area is 380 Å². The van der Waals surface area contributed by atoms with Crippen LogP contribution in [-0.4, -0.2) is 141 Å². The molecular formula is C43H61N9O14. The molecule has 0 radical (unpaired) electrons. The van der Waals surface area contributed by atoms with Gasteiger partial charge in [0.15, 0.2) is 6.04 Å². The minimum Gasteiger partial charge on any atom is -0.481 e. The Morgan fingerprint density at radius 3 is 1.59 bits per heavy atom. The SMILES string of the molecule is CCC(C)C(NC(=O)C(N)Cc1ccccc1)C(=O)NC(CCC(=O)O)C(=O)NCC(=O)NC(Cc1ccccc1)C(=O)NC(CCC(N)=O)C(=O)NC(CO)C(=O)NC(C(=O)O)C(C)O. The first-order valence-electron chi connectivity index (χ1n) is 21.1. The second-order valence-corrected chi connectivity index (χ2v) is 15.6. The van der Waals surface area contributed by atoms with Crippen molar-refractivity contribution in [1.82, 2.24) is 37.2 Å². The first-order chi connectivity index (χ1) is 31.2. The summed E-state index contributed by atoms with van der Waals surface area (Å²) in [5.74, 6) is -11.0. The van der Waals surface area contributed by atoms with Gasteiger partial charge in [0.2, 0.25) is 47.3 Å². The van der Waals surface area contributed by atoms with Crippen LogP contribution >= 0.6 is 0 Å². The summed E-state index contributed by atoms with van der Waals surface area (Å²) in [6, 6.07) is 6.70. The van der Waals surface area contributed by atoms with E-state index in [0.29, 0.717) is 12.0 Å². The van der Waals surface area contributed by atoms with E-state index in [0.717, 1.165) is 12.5 Å². The first-order valence-corrected chi connectivity index (χ1v) is 21.1. The number of carbonyl (C=O) groups excluding carboxylic acids is 8. The van der Waals surface area contributed by atoms with Crippen LogP contribution < -0.4 is 48.7 Å². The molecule has 2 rings (SSSR count). The summed E-state index contributed by atoms with van der Waals surface area (Å²) in [6.45, 7) is 2.67. The number of nitrogens with one attached hydrogen (secondary N) is 7. The Bertz CT molecular complexity index is 1990. The number of primary amides is 1. The number of hydrogen-bond donors (Lipinski definition) is 13. The van der Waals surface area contributed by atoms with Gasteiger partial charge >= 0.3 is 11.9 Å². The van der Waals surface area contributed by atoms with Crippen molar-refractivity contribution < 1.29 is 68.4 Å².